The Balaban J connectivity index is 1.78. The summed E-state index contributed by atoms with van der Waals surface area (Å²) >= 11 is 6.18. The summed E-state index contributed by atoms with van der Waals surface area (Å²) in [4.78, 5) is 12.1. The highest BCUT2D eigenvalue weighted by Gasteiger charge is 2.24. The van der Waals surface area contributed by atoms with Crippen LogP contribution in [0.2, 0.25) is 5.02 Å². The SMILES string of the molecule is O=C(Nc1cc2c(cc1Cl)OCCCO2)C1CCOC1. The first-order chi connectivity index (χ1) is 9.74. The molecule has 3 rings (SSSR count). The molecular formula is C14H16ClNO4. The minimum absolute atomic E-state index is 0.0705. The van der Waals surface area contributed by atoms with Crippen LogP contribution in [0.15, 0.2) is 12.1 Å². The van der Waals surface area contributed by atoms with E-state index in [0.29, 0.717) is 48.6 Å². The topological polar surface area (TPSA) is 56.8 Å². The predicted octanol–water partition coefficient (Wildman–Crippen LogP) is 2.48. The van der Waals surface area contributed by atoms with Gasteiger partial charge in [0.1, 0.15) is 0 Å². The number of fused-ring (bicyclic) bond motifs is 1. The second-order valence-corrected chi connectivity index (χ2v) is 5.29. The third-order valence-corrected chi connectivity index (χ3v) is 3.71. The number of rotatable bonds is 2. The first kappa shape index (κ1) is 13.5. The fourth-order valence-corrected chi connectivity index (χ4v) is 2.46. The van der Waals surface area contributed by atoms with E-state index < -0.39 is 0 Å². The number of benzene rings is 1. The number of carbonyl (C=O) groups is 1. The van der Waals surface area contributed by atoms with Gasteiger partial charge in [0.15, 0.2) is 11.5 Å². The maximum atomic E-state index is 12.1. The highest BCUT2D eigenvalue weighted by molar-refractivity contribution is 6.34. The Morgan fingerprint density at radius 3 is 2.65 bits per heavy atom. The van der Waals surface area contributed by atoms with Crippen LogP contribution in [-0.4, -0.2) is 32.3 Å². The third kappa shape index (κ3) is 2.83. The lowest BCUT2D eigenvalue weighted by Crippen LogP contribution is -2.23. The van der Waals surface area contributed by atoms with Gasteiger partial charge in [0.2, 0.25) is 5.91 Å². The van der Waals surface area contributed by atoms with Gasteiger partial charge in [-0.3, -0.25) is 4.79 Å². The van der Waals surface area contributed by atoms with E-state index in [1.807, 2.05) is 0 Å². The molecule has 0 radical (unpaired) electrons. The molecule has 0 saturated carbocycles. The Morgan fingerprint density at radius 2 is 1.95 bits per heavy atom. The van der Waals surface area contributed by atoms with Gasteiger partial charge in [-0.05, 0) is 6.42 Å². The van der Waals surface area contributed by atoms with E-state index in [1.54, 1.807) is 12.1 Å². The molecule has 20 heavy (non-hydrogen) atoms. The van der Waals surface area contributed by atoms with Crippen LogP contribution in [0.4, 0.5) is 5.69 Å². The number of anilines is 1. The van der Waals surface area contributed by atoms with Crippen molar-refractivity contribution in [3.8, 4) is 11.5 Å². The molecule has 0 aromatic heterocycles. The van der Waals surface area contributed by atoms with E-state index in [0.717, 1.165) is 12.8 Å². The second kappa shape index (κ2) is 5.89. The van der Waals surface area contributed by atoms with Crippen molar-refractivity contribution in [2.75, 3.05) is 31.7 Å². The van der Waals surface area contributed by atoms with Crippen LogP contribution >= 0.6 is 11.6 Å². The first-order valence-electron chi connectivity index (χ1n) is 6.72. The average Bonchev–Trinajstić information content (AvgIpc) is 2.88. The molecule has 1 aromatic rings. The first-order valence-corrected chi connectivity index (χ1v) is 7.09. The summed E-state index contributed by atoms with van der Waals surface area (Å²) in [5.74, 6) is 1.06. The van der Waals surface area contributed by atoms with Crippen LogP contribution in [0.3, 0.4) is 0 Å². The molecule has 2 aliphatic heterocycles. The van der Waals surface area contributed by atoms with E-state index >= 15 is 0 Å². The van der Waals surface area contributed by atoms with E-state index in [1.165, 1.54) is 0 Å². The molecule has 1 atom stereocenters. The van der Waals surface area contributed by atoms with E-state index in [4.69, 9.17) is 25.8 Å². The summed E-state index contributed by atoms with van der Waals surface area (Å²) in [6.07, 6.45) is 1.57. The molecule has 1 amide bonds. The lowest BCUT2D eigenvalue weighted by Gasteiger charge is -2.14. The predicted molar refractivity (Wildman–Crippen MR) is 74.6 cm³/mol. The molecule has 1 saturated heterocycles. The van der Waals surface area contributed by atoms with Crippen LogP contribution in [0, 0.1) is 5.92 Å². The van der Waals surface area contributed by atoms with Crippen molar-refractivity contribution >= 4 is 23.2 Å². The molecule has 1 unspecified atom stereocenters. The maximum absolute atomic E-state index is 12.1. The number of hydrogen-bond donors (Lipinski definition) is 1. The Labute approximate surface area is 122 Å². The molecule has 0 bridgehead atoms. The minimum Gasteiger partial charge on any atom is -0.490 e. The quantitative estimate of drug-likeness (QED) is 0.911. The van der Waals surface area contributed by atoms with Crippen molar-refractivity contribution in [1.29, 1.82) is 0 Å². The van der Waals surface area contributed by atoms with Gasteiger partial charge in [-0.1, -0.05) is 11.6 Å². The van der Waals surface area contributed by atoms with Crippen molar-refractivity contribution in [2.45, 2.75) is 12.8 Å². The van der Waals surface area contributed by atoms with Gasteiger partial charge in [-0.15, -0.1) is 0 Å². The zero-order chi connectivity index (χ0) is 13.9. The summed E-state index contributed by atoms with van der Waals surface area (Å²) in [6, 6.07) is 3.40. The maximum Gasteiger partial charge on any atom is 0.229 e. The van der Waals surface area contributed by atoms with Gasteiger partial charge >= 0.3 is 0 Å². The Hall–Kier alpha value is -1.46. The van der Waals surface area contributed by atoms with Crippen LogP contribution < -0.4 is 14.8 Å². The Morgan fingerprint density at radius 1 is 1.20 bits per heavy atom. The number of halogens is 1. The number of carbonyl (C=O) groups excluding carboxylic acids is 1. The largest absolute Gasteiger partial charge is 0.490 e. The van der Waals surface area contributed by atoms with Crippen molar-refractivity contribution in [3.05, 3.63) is 17.2 Å². The van der Waals surface area contributed by atoms with Gasteiger partial charge in [-0.2, -0.15) is 0 Å². The number of nitrogens with one attached hydrogen (secondary N) is 1. The normalized spacial score (nSPS) is 21.4. The molecule has 108 valence electrons. The van der Waals surface area contributed by atoms with Gasteiger partial charge in [-0.25, -0.2) is 0 Å². The lowest BCUT2D eigenvalue weighted by molar-refractivity contribution is -0.119. The molecule has 2 heterocycles. The Kier molecular flexibility index (Phi) is 3.98. The van der Waals surface area contributed by atoms with E-state index in [2.05, 4.69) is 5.32 Å². The fraction of sp³-hybridized carbons (Fsp3) is 0.500. The monoisotopic (exact) mass is 297 g/mol. The molecule has 1 aromatic carbocycles. The molecule has 0 spiro atoms. The van der Waals surface area contributed by atoms with E-state index in [9.17, 15) is 4.79 Å². The molecule has 1 N–H and O–H groups in total. The molecular weight excluding hydrogens is 282 g/mol. The summed E-state index contributed by atoms with van der Waals surface area (Å²) < 4.78 is 16.4. The highest BCUT2D eigenvalue weighted by Crippen LogP contribution is 2.37. The van der Waals surface area contributed by atoms with Crippen molar-refractivity contribution in [1.82, 2.24) is 0 Å². The molecule has 0 aliphatic carbocycles. The summed E-state index contributed by atoms with van der Waals surface area (Å²) in [5.41, 5.74) is 0.549. The standard InChI is InChI=1S/C14H16ClNO4/c15-10-6-12-13(20-4-1-3-19-12)7-11(10)16-14(17)9-2-5-18-8-9/h6-7,9H,1-5,8H2,(H,16,17). The van der Waals surface area contributed by atoms with Gasteiger partial charge in [0, 0.05) is 25.2 Å². The zero-order valence-electron chi connectivity index (χ0n) is 11.0. The molecule has 5 nitrogen and oxygen atoms in total. The summed E-state index contributed by atoms with van der Waals surface area (Å²) in [6.45, 7) is 2.30. The number of amides is 1. The van der Waals surface area contributed by atoms with Gasteiger partial charge in [0.25, 0.3) is 0 Å². The minimum atomic E-state index is -0.109. The molecule has 2 aliphatic rings. The Bertz CT molecular complexity index is 514. The van der Waals surface area contributed by atoms with Crippen LogP contribution in [0.25, 0.3) is 0 Å². The van der Waals surface area contributed by atoms with Crippen LogP contribution in [-0.2, 0) is 9.53 Å². The molecule has 1 fully saturated rings. The third-order valence-electron chi connectivity index (χ3n) is 3.40. The average molecular weight is 298 g/mol. The number of ether oxygens (including phenoxy) is 3. The van der Waals surface area contributed by atoms with Gasteiger partial charge in [0.05, 0.1) is 36.4 Å². The second-order valence-electron chi connectivity index (χ2n) is 4.88. The lowest BCUT2D eigenvalue weighted by atomic mass is 10.1. The van der Waals surface area contributed by atoms with Crippen LogP contribution in [0.5, 0.6) is 11.5 Å². The van der Waals surface area contributed by atoms with E-state index in [-0.39, 0.29) is 11.8 Å². The van der Waals surface area contributed by atoms with Crippen molar-refractivity contribution in [2.24, 2.45) is 5.92 Å². The highest BCUT2D eigenvalue weighted by atomic mass is 35.5. The zero-order valence-corrected chi connectivity index (χ0v) is 11.7. The van der Waals surface area contributed by atoms with Crippen molar-refractivity contribution in [3.63, 3.8) is 0 Å². The molecule has 6 heteroatoms. The number of hydrogen-bond acceptors (Lipinski definition) is 4. The van der Waals surface area contributed by atoms with Crippen LogP contribution in [0.1, 0.15) is 12.8 Å². The van der Waals surface area contributed by atoms with Gasteiger partial charge < -0.3 is 19.5 Å². The van der Waals surface area contributed by atoms with Crippen molar-refractivity contribution < 1.29 is 19.0 Å². The fourth-order valence-electron chi connectivity index (χ4n) is 2.26. The smallest absolute Gasteiger partial charge is 0.229 e. The summed E-state index contributed by atoms with van der Waals surface area (Å²) in [7, 11) is 0. The summed E-state index contributed by atoms with van der Waals surface area (Å²) in [5, 5.41) is 3.28.